The Kier molecular flexibility index (Phi) is 4.86. The second-order valence-corrected chi connectivity index (χ2v) is 6.24. The lowest BCUT2D eigenvalue weighted by molar-refractivity contribution is -0.133. The number of carbonyl (C=O) groups is 1. The first-order valence-corrected chi connectivity index (χ1v) is 7.57. The maximum absolute atomic E-state index is 12.3. The van der Waals surface area contributed by atoms with E-state index in [1.807, 2.05) is 0 Å². The summed E-state index contributed by atoms with van der Waals surface area (Å²) < 4.78 is 0. The van der Waals surface area contributed by atoms with Crippen LogP contribution in [-0.2, 0) is 4.79 Å². The van der Waals surface area contributed by atoms with Gasteiger partial charge in [-0.25, -0.2) is 0 Å². The summed E-state index contributed by atoms with van der Waals surface area (Å²) >= 11 is 0. The number of oxime groups is 1. The molecule has 1 saturated carbocycles. The molecule has 2 rings (SSSR count). The van der Waals surface area contributed by atoms with Crippen LogP contribution in [0.5, 0.6) is 0 Å². The fourth-order valence-electron chi connectivity index (χ4n) is 3.42. The molecule has 2 aliphatic rings. The van der Waals surface area contributed by atoms with E-state index in [4.69, 9.17) is 10.9 Å². The Morgan fingerprint density at radius 2 is 2.05 bits per heavy atom. The SMILES string of the molecule is CC1CC(C(=O)NCCN2CCCCC2)(C(N)=NO)C1. The average molecular weight is 282 g/mol. The normalized spacial score (nSPS) is 31.6. The molecule has 4 N–H and O–H groups in total. The van der Waals surface area contributed by atoms with Crippen molar-refractivity contribution in [2.45, 2.75) is 39.0 Å². The molecule has 6 heteroatoms. The predicted octanol–water partition coefficient (Wildman–Crippen LogP) is 0.751. The van der Waals surface area contributed by atoms with Crippen LogP contribution < -0.4 is 11.1 Å². The summed E-state index contributed by atoms with van der Waals surface area (Å²) in [6.45, 7) is 5.84. The van der Waals surface area contributed by atoms with Gasteiger partial charge in [-0.05, 0) is 44.7 Å². The van der Waals surface area contributed by atoms with Gasteiger partial charge in [0.1, 0.15) is 5.41 Å². The Labute approximate surface area is 120 Å². The summed E-state index contributed by atoms with van der Waals surface area (Å²) in [7, 11) is 0. The van der Waals surface area contributed by atoms with Gasteiger partial charge >= 0.3 is 0 Å². The zero-order valence-electron chi connectivity index (χ0n) is 12.3. The highest BCUT2D eigenvalue weighted by Gasteiger charge is 2.52. The van der Waals surface area contributed by atoms with E-state index in [1.165, 1.54) is 19.3 Å². The number of carbonyl (C=O) groups excluding carboxylic acids is 1. The van der Waals surface area contributed by atoms with Crippen LogP contribution in [-0.4, -0.2) is 48.0 Å². The number of rotatable bonds is 5. The van der Waals surface area contributed by atoms with Crippen molar-refractivity contribution in [3.63, 3.8) is 0 Å². The molecule has 1 saturated heterocycles. The molecule has 0 unspecified atom stereocenters. The molecular weight excluding hydrogens is 256 g/mol. The van der Waals surface area contributed by atoms with E-state index in [0.29, 0.717) is 25.3 Å². The molecule has 114 valence electrons. The second kappa shape index (κ2) is 6.43. The minimum atomic E-state index is -0.782. The molecule has 0 aromatic carbocycles. The van der Waals surface area contributed by atoms with Gasteiger partial charge in [-0.3, -0.25) is 4.79 Å². The first kappa shape index (κ1) is 15.1. The fourth-order valence-corrected chi connectivity index (χ4v) is 3.42. The molecule has 0 radical (unpaired) electrons. The smallest absolute Gasteiger partial charge is 0.234 e. The monoisotopic (exact) mass is 282 g/mol. The lowest BCUT2D eigenvalue weighted by Gasteiger charge is -2.43. The van der Waals surface area contributed by atoms with Crippen molar-refractivity contribution in [2.24, 2.45) is 22.2 Å². The fraction of sp³-hybridized carbons (Fsp3) is 0.857. The number of nitrogens with one attached hydrogen (secondary N) is 1. The first-order valence-electron chi connectivity index (χ1n) is 7.57. The van der Waals surface area contributed by atoms with Crippen LogP contribution in [0.2, 0.25) is 0 Å². The number of amides is 1. The standard InChI is InChI=1S/C14H26N4O2/c1-11-9-14(10-11,12(15)17-20)13(19)16-5-8-18-6-3-2-4-7-18/h11,20H,2-10H2,1H3,(H2,15,17)(H,16,19). The van der Waals surface area contributed by atoms with Gasteiger partial charge in [-0.2, -0.15) is 0 Å². The number of hydrogen-bond donors (Lipinski definition) is 3. The van der Waals surface area contributed by atoms with Crippen molar-refractivity contribution < 1.29 is 10.0 Å². The predicted molar refractivity (Wildman–Crippen MR) is 77.5 cm³/mol. The summed E-state index contributed by atoms with van der Waals surface area (Å²) in [5.41, 5.74) is 4.94. The highest BCUT2D eigenvalue weighted by Crippen LogP contribution is 2.45. The van der Waals surface area contributed by atoms with Crippen molar-refractivity contribution in [1.82, 2.24) is 10.2 Å². The lowest BCUT2D eigenvalue weighted by atomic mass is 9.61. The third kappa shape index (κ3) is 3.06. The summed E-state index contributed by atoms with van der Waals surface area (Å²) in [5.74, 6) is 0.400. The van der Waals surface area contributed by atoms with Crippen LogP contribution in [0.25, 0.3) is 0 Å². The van der Waals surface area contributed by atoms with E-state index in [-0.39, 0.29) is 11.7 Å². The lowest BCUT2D eigenvalue weighted by Crippen LogP contribution is -2.57. The number of nitrogens with two attached hydrogens (primary N) is 1. The van der Waals surface area contributed by atoms with Gasteiger partial charge in [-0.15, -0.1) is 0 Å². The quantitative estimate of drug-likeness (QED) is 0.300. The van der Waals surface area contributed by atoms with Crippen LogP contribution in [0.3, 0.4) is 0 Å². The van der Waals surface area contributed by atoms with E-state index >= 15 is 0 Å². The summed E-state index contributed by atoms with van der Waals surface area (Å²) in [6.07, 6.45) is 5.14. The zero-order valence-corrected chi connectivity index (χ0v) is 12.3. The van der Waals surface area contributed by atoms with Crippen molar-refractivity contribution >= 4 is 11.7 Å². The summed E-state index contributed by atoms with van der Waals surface area (Å²) in [6, 6.07) is 0. The van der Waals surface area contributed by atoms with Crippen LogP contribution in [0.4, 0.5) is 0 Å². The van der Waals surface area contributed by atoms with Gasteiger partial charge in [0.25, 0.3) is 0 Å². The number of amidine groups is 1. The molecule has 1 amide bonds. The maximum atomic E-state index is 12.3. The largest absolute Gasteiger partial charge is 0.409 e. The van der Waals surface area contributed by atoms with E-state index < -0.39 is 5.41 Å². The third-order valence-corrected chi connectivity index (χ3v) is 4.59. The van der Waals surface area contributed by atoms with Crippen LogP contribution >= 0.6 is 0 Å². The molecule has 0 bridgehead atoms. The number of piperidine rings is 1. The molecule has 20 heavy (non-hydrogen) atoms. The Bertz CT molecular complexity index is 371. The molecule has 0 atom stereocenters. The molecule has 0 spiro atoms. The molecule has 0 aromatic rings. The van der Waals surface area contributed by atoms with Crippen molar-refractivity contribution in [2.75, 3.05) is 26.2 Å². The molecule has 6 nitrogen and oxygen atoms in total. The van der Waals surface area contributed by atoms with Crippen molar-refractivity contribution in [1.29, 1.82) is 0 Å². The van der Waals surface area contributed by atoms with Crippen LogP contribution in [0, 0.1) is 11.3 Å². The summed E-state index contributed by atoms with van der Waals surface area (Å²) in [5, 5.41) is 14.9. The highest BCUT2D eigenvalue weighted by atomic mass is 16.4. The van der Waals surface area contributed by atoms with Gasteiger partial charge in [0.15, 0.2) is 5.84 Å². The van der Waals surface area contributed by atoms with E-state index in [9.17, 15) is 4.79 Å². The Morgan fingerprint density at radius 1 is 1.40 bits per heavy atom. The molecule has 2 fully saturated rings. The average Bonchev–Trinajstić information content (AvgIpc) is 2.43. The van der Waals surface area contributed by atoms with Gasteiger partial charge in [0.2, 0.25) is 5.91 Å². The maximum Gasteiger partial charge on any atom is 0.234 e. The van der Waals surface area contributed by atoms with E-state index in [1.54, 1.807) is 0 Å². The second-order valence-electron chi connectivity index (χ2n) is 6.24. The minimum Gasteiger partial charge on any atom is -0.409 e. The van der Waals surface area contributed by atoms with Gasteiger partial charge < -0.3 is 21.2 Å². The molecule has 1 heterocycles. The zero-order chi connectivity index (χ0) is 14.6. The van der Waals surface area contributed by atoms with Crippen LogP contribution in [0.1, 0.15) is 39.0 Å². The van der Waals surface area contributed by atoms with E-state index in [2.05, 4.69) is 22.3 Å². The number of likely N-dealkylation sites (tertiary alicyclic amines) is 1. The number of hydrogen-bond acceptors (Lipinski definition) is 4. The van der Waals surface area contributed by atoms with Crippen LogP contribution in [0.15, 0.2) is 5.16 Å². The van der Waals surface area contributed by atoms with Gasteiger partial charge in [0.05, 0.1) is 0 Å². The molecule has 1 aliphatic heterocycles. The van der Waals surface area contributed by atoms with Gasteiger partial charge in [0, 0.05) is 13.1 Å². The molecular formula is C14H26N4O2. The van der Waals surface area contributed by atoms with Crippen molar-refractivity contribution in [3.8, 4) is 0 Å². The summed E-state index contributed by atoms with van der Waals surface area (Å²) in [4.78, 5) is 14.7. The van der Waals surface area contributed by atoms with E-state index in [0.717, 1.165) is 19.6 Å². The molecule has 0 aromatic heterocycles. The Balaban J connectivity index is 1.80. The third-order valence-electron chi connectivity index (χ3n) is 4.59. The highest BCUT2D eigenvalue weighted by molar-refractivity contribution is 6.07. The van der Waals surface area contributed by atoms with Crippen molar-refractivity contribution in [3.05, 3.63) is 0 Å². The Morgan fingerprint density at radius 3 is 2.60 bits per heavy atom. The molecule has 1 aliphatic carbocycles. The van der Waals surface area contributed by atoms with Gasteiger partial charge in [-0.1, -0.05) is 18.5 Å². The first-order chi connectivity index (χ1) is 9.58. The minimum absolute atomic E-state index is 0.0473. The number of nitrogens with zero attached hydrogens (tertiary/aromatic N) is 2. The topological polar surface area (TPSA) is 91.0 Å². The Hall–Kier alpha value is -1.30.